The van der Waals surface area contributed by atoms with Crippen molar-refractivity contribution in [3.8, 4) is 11.5 Å². The van der Waals surface area contributed by atoms with E-state index < -0.39 is 7.14 Å². The lowest BCUT2D eigenvalue weighted by Crippen LogP contribution is -2.27. The molecule has 0 radical (unpaired) electrons. The van der Waals surface area contributed by atoms with E-state index in [2.05, 4.69) is 4.98 Å². The first kappa shape index (κ1) is 17.2. The van der Waals surface area contributed by atoms with Gasteiger partial charge in [0, 0.05) is 16.3 Å². The fraction of sp³-hybridized carbons (Fsp3) is 0.150. The summed E-state index contributed by atoms with van der Waals surface area (Å²) in [6, 6.07) is 20.3. The normalized spacial score (nSPS) is 11.2. The van der Waals surface area contributed by atoms with Gasteiger partial charge in [0.25, 0.3) is 0 Å². The van der Waals surface area contributed by atoms with Crippen LogP contribution in [0.1, 0.15) is 5.69 Å². The third-order valence-electron chi connectivity index (χ3n) is 4.07. The number of aryl methyl sites for hydroxylation is 1. The average molecular weight is 353 g/mol. The summed E-state index contributed by atoms with van der Waals surface area (Å²) in [5.74, 6) is 1.45. The summed E-state index contributed by atoms with van der Waals surface area (Å²) in [4.78, 5) is 4.56. The highest BCUT2D eigenvalue weighted by molar-refractivity contribution is 7.85. The predicted molar refractivity (Wildman–Crippen MR) is 101 cm³/mol. The molecule has 128 valence electrons. The zero-order chi connectivity index (χ0) is 17.9. The zero-order valence-corrected chi connectivity index (χ0v) is 15.4. The molecule has 5 heteroatoms. The van der Waals surface area contributed by atoms with Crippen molar-refractivity contribution in [3.05, 3.63) is 72.4 Å². The first-order valence-corrected chi connectivity index (χ1v) is 9.62. The molecule has 1 heterocycles. The van der Waals surface area contributed by atoms with Gasteiger partial charge in [-0.15, -0.1) is 0 Å². The molecule has 2 aromatic carbocycles. The second-order valence-electron chi connectivity index (χ2n) is 5.64. The van der Waals surface area contributed by atoms with Gasteiger partial charge in [0.15, 0.2) is 7.14 Å². The maximum Gasteiger partial charge on any atom is 0.188 e. The molecule has 0 saturated carbocycles. The first-order chi connectivity index (χ1) is 12.1. The molecule has 0 fully saturated rings. The fourth-order valence-electron chi connectivity index (χ4n) is 2.70. The summed E-state index contributed by atoms with van der Waals surface area (Å²) in [6.45, 7) is 1.90. The van der Waals surface area contributed by atoms with Crippen LogP contribution in [0.3, 0.4) is 0 Å². The molecule has 0 aliphatic rings. The average Bonchev–Trinajstić information content (AvgIpc) is 2.67. The number of benzene rings is 2. The Morgan fingerprint density at radius 2 is 1.24 bits per heavy atom. The molecule has 1 aromatic heterocycles. The van der Waals surface area contributed by atoms with Gasteiger partial charge in [-0.25, -0.2) is 4.98 Å². The largest absolute Gasteiger partial charge is 0.497 e. The third-order valence-corrected chi connectivity index (χ3v) is 7.01. The summed E-state index contributed by atoms with van der Waals surface area (Å²) < 4.78 is 24.7. The number of rotatable bonds is 5. The summed E-state index contributed by atoms with van der Waals surface area (Å²) in [5, 5.41) is 1.44. The maximum atomic E-state index is 14.2. The van der Waals surface area contributed by atoms with Crippen LogP contribution in [0.2, 0.25) is 0 Å². The molecule has 4 nitrogen and oxygen atoms in total. The lowest BCUT2D eigenvalue weighted by molar-refractivity contribution is 0.415. The molecular formula is C20H20NO3P. The Balaban J connectivity index is 2.20. The number of aromatic nitrogens is 1. The van der Waals surface area contributed by atoms with E-state index in [9.17, 15) is 4.57 Å². The van der Waals surface area contributed by atoms with Crippen molar-refractivity contribution in [2.75, 3.05) is 14.2 Å². The minimum atomic E-state index is -3.09. The number of methoxy groups -OCH3 is 2. The zero-order valence-electron chi connectivity index (χ0n) is 14.5. The van der Waals surface area contributed by atoms with Crippen LogP contribution in [0.5, 0.6) is 11.5 Å². The van der Waals surface area contributed by atoms with Gasteiger partial charge in [0.1, 0.15) is 16.9 Å². The topological polar surface area (TPSA) is 48.4 Å². The molecule has 3 rings (SSSR count). The highest BCUT2D eigenvalue weighted by atomic mass is 31.2. The Morgan fingerprint density at radius 1 is 0.760 bits per heavy atom. The van der Waals surface area contributed by atoms with E-state index in [1.807, 2.05) is 73.7 Å². The van der Waals surface area contributed by atoms with E-state index in [-0.39, 0.29) is 0 Å². The van der Waals surface area contributed by atoms with Crippen molar-refractivity contribution >= 4 is 23.2 Å². The lowest BCUT2D eigenvalue weighted by atomic mass is 10.3. The maximum absolute atomic E-state index is 14.2. The Morgan fingerprint density at radius 3 is 1.64 bits per heavy atom. The van der Waals surface area contributed by atoms with Gasteiger partial charge in [0.2, 0.25) is 0 Å². The van der Waals surface area contributed by atoms with Gasteiger partial charge in [-0.2, -0.15) is 0 Å². The number of ether oxygens (including phenoxy) is 2. The standard InChI is InChI=1S/C20H20NO3P/c1-15-5-4-6-20(21-15)25(22,18-11-7-16(23-2)8-12-18)19-13-9-17(24-3)10-14-19/h4-14H,1-3H3. The Labute approximate surface area is 147 Å². The van der Waals surface area contributed by atoms with Crippen molar-refractivity contribution in [1.82, 2.24) is 4.98 Å². The molecule has 0 saturated heterocycles. The van der Waals surface area contributed by atoms with Crippen LogP contribution < -0.4 is 25.5 Å². The van der Waals surface area contributed by atoms with Gasteiger partial charge in [0.05, 0.1) is 14.2 Å². The summed E-state index contributed by atoms with van der Waals surface area (Å²) >= 11 is 0. The SMILES string of the molecule is COc1ccc(P(=O)(c2ccc(OC)cc2)c2cccc(C)n2)cc1. The van der Waals surface area contributed by atoms with Crippen LogP contribution in [-0.4, -0.2) is 19.2 Å². The van der Waals surface area contributed by atoms with E-state index in [0.717, 1.165) is 27.8 Å². The monoisotopic (exact) mass is 353 g/mol. The smallest absolute Gasteiger partial charge is 0.188 e. The third kappa shape index (κ3) is 3.31. The van der Waals surface area contributed by atoms with Crippen molar-refractivity contribution < 1.29 is 14.0 Å². The molecule has 0 spiro atoms. The number of pyridine rings is 1. The minimum absolute atomic E-state index is 0.572. The molecule has 0 atom stereocenters. The van der Waals surface area contributed by atoms with E-state index in [0.29, 0.717) is 5.44 Å². The number of hydrogen-bond acceptors (Lipinski definition) is 4. The second kappa shape index (κ2) is 7.12. The van der Waals surface area contributed by atoms with Gasteiger partial charge < -0.3 is 14.0 Å². The minimum Gasteiger partial charge on any atom is -0.497 e. The molecule has 0 unspecified atom stereocenters. The van der Waals surface area contributed by atoms with Crippen molar-refractivity contribution in [1.29, 1.82) is 0 Å². The summed E-state index contributed by atoms with van der Waals surface area (Å²) in [7, 11) is 0.136. The molecule has 25 heavy (non-hydrogen) atoms. The fourth-order valence-corrected chi connectivity index (χ4v) is 5.26. The van der Waals surface area contributed by atoms with Crippen LogP contribution >= 0.6 is 7.14 Å². The van der Waals surface area contributed by atoms with Gasteiger partial charge in [-0.3, -0.25) is 0 Å². The lowest BCUT2D eigenvalue weighted by Gasteiger charge is -2.20. The van der Waals surface area contributed by atoms with E-state index in [4.69, 9.17) is 9.47 Å². The second-order valence-corrected chi connectivity index (χ2v) is 8.35. The van der Waals surface area contributed by atoms with Crippen LogP contribution in [0.15, 0.2) is 66.7 Å². The molecule has 0 aliphatic heterocycles. The van der Waals surface area contributed by atoms with Crippen molar-refractivity contribution in [2.24, 2.45) is 0 Å². The molecular weight excluding hydrogens is 333 g/mol. The van der Waals surface area contributed by atoms with Crippen LogP contribution in [-0.2, 0) is 4.57 Å². The number of hydrogen-bond donors (Lipinski definition) is 0. The van der Waals surface area contributed by atoms with E-state index >= 15 is 0 Å². The van der Waals surface area contributed by atoms with Crippen molar-refractivity contribution in [3.63, 3.8) is 0 Å². The predicted octanol–water partition coefficient (Wildman–Crippen LogP) is 3.05. The molecule has 3 aromatic rings. The summed E-state index contributed by atoms with van der Waals surface area (Å²) in [5.41, 5.74) is 1.41. The molecule has 0 bridgehead atoms. The molecule has 0 amide bonds. The number of nitrogens with zero attached hydrogens (tertiary/aromatic N) is 1. The highest BCUT2D eigenvalue weighted by Gasteiger charge is 2.31. The van der Waals surface area contributed by atoms with Crippen LogP contribution in [0.4, 0.5) is 0 Å². The Bertz CT molecular complexity index is 853. The van der Waals surface area contributed by atoms with E-state index in [1.165, 1.54) is 0 Å². The van der Waals surface area contributed by atoms with Crippen molar-refractivity contribution in [2.45, 2.75) is 6.92 Å². The van der Waals surface area contributed by atoms with Crippen LogP contribution in [0, 0.1) is 6.92 Å². The molecule has 0 N–H and O–H groups in total. The Hall–Kier alpha value is -2.58. The van der Waals surface area contributed by atoms with E-state index in [1.54, 1.807) is 14.2 Å². The Kier molecular flexibility index (Phi) is 4.91. The molecule has 0 aliphatic carbocycles. The van der Waals surface area contributed by atoms with Gasteiger partial charge >= 0.3 is 0 Å². The quantitative estimate of drug-likeness (QED) is 0.662. The summed E-state index contributed by atoms with van der Waals surface area (Å²) in [6.07, 6.45) is 0. The van der Waals surface area contributed by atoms with Crippen LogP contribution in [0.25, 0.3) is 0 Å². The van der Waals surface area contributed by atoms with Gasteiger partial charge in [-0.05, 0) is 67.6 Å². The van der Waals surface area contributed by atoms with Gasteiger partial charge in [-0.1, -0.05) is 6.07 Å². The highest BCUT2D eigenvalue weighted by Crippen LogP contribution is 2.42. The first-order valence-electron chi connectivity index (χ1n) is 7.91.